The van der Waals surface area contributed by atoms with Crippen LogP contribution in [0.2, 0.25) is 0 Å². The van der Waals surface area contributed by atoms with E-state index in [4.69, 9.17) is 4.74 Å². The molecule has 0 heterocycles. The Kier molecular flexibility index (Phi) is 5.96. The number of hydrogen-bond donors (Lipinski definition) is 1. The Bertz CT molecular complexity index is 891. The first-order chi connectivity index (χ1) is 16.3. The van der Waals surface area contributed by atoms with Crippen molar-refractivity contribution in [2.24, 2.45) is 56.7 Å². The monoisotopic (exact) mass is 484 g/mol. The molecule has 0 spiro atoms. The van der Waals surface area contributed by atoms with E-state index >= 15 is 0 Å². The van der Waals surface area contributed by atoms with Crippen molar-refractivity contribution < 1.29 is 14.6 Å². The average molecular weight is 485 g/mol. The van der Waals surface area contributed by atoms with Crippen LogP contribution in [0.15, 0.2) is 12.2 Å². The number of hydrogen-bond acceptors (Lipinski definition) is 3. The molecule has 0 amide bonds. The molecule has 0 aliphatic heterocycles. The van der Waals surface area contributed by atoms with Gasteiger partial charge in [0.2, 0.25) is 0 Å². The van der Waals surface area contributed by atoms with Crippen molar-refractivity contribution in [2.45, 2.75) is 119 Å². The molecule has 10 atom stereocenters. The van der Waals surface area contributed by atoms with Crippen LogP contribution in [0.25, 0.3) is 0 Å². The maximum absolute atomic E-state index is 11.9. The topological polar surface area (TPSA) is 46.5 Å². The highest BCUT2D eigenvalue weighted by Crippen LogP contribution is 2.77. The molecule has 0 aromatic heterocycles. The summed E-state index contributed by atoms with van der Waals surface area (Å²) in [6.45, 7) is 21.3. The molecule has 0 saturated heterocycles. The molecule has 5 aliphatic carbocycles. The fraction of sp³-hybridized carbons (Fsp3) is 0.906. The summed E-state index contributed by atoms with van der Waals surface area (Å²) in [5.41, 5.74) is 2.45. The molecular formula is C32H52O3. The summed E-state index contributed by atoms with van der Waals surface area (Å²) in [6, 6.07) is 0. The first kappa shape index (κ1) is 25.8. The highest BCUT2D eigenvalue weighted by Gasteiger charge is 2.71. The van der Waals surface area contributed by atoms with Crippen molar-refractivity contribution in [1.82, 2.24) is 0 Å². The maximum atomic E-state index is 11.9. The van der Waals surface area contributed by atoms with E-state index < -0.39 is 0 Å². The molecule has 5 aliphatic rings. The van der Waals surface area contributed by atoms with Crippen molar-refractivity contribution in [3.05, 3.63) is 12.2 Å². The van der Waals surface area contributed by atoms with Crippen LogP contribution in [-0.4, -0.2) is 23.8 Å². The Hall–Kier alpha value is -0.830. The predicted molar refractivity (Wildman–Crippen MR) is 142 cm³/mol. The Morgan fingerprint density at radius 2 is 1.57 bits per heavy atom. The number of allylic oxidation sites excluding steroid dienone is 1. The lowest BCUT2D eigenvalue weighted by Gasteiger charge is -2.73. The minimum Gasteiger partial charge on any atom is -0.462 e. The Morgan fingerprint density at radius 3 is 2.20 bits per heavy atom. The highest BCUT2D eigenvalue weighted by molar-refractivity contribution is 5.66. The molecule has 0 bridgehead atoms. The molecule has 0 aromatic rings. The number of carbonyl (C=O) groups excluding carboxylic acids is 1. The standard InChI is InChI=1S/C32H52O3/c1-20(2)22-11-16-32(19-33)18-17-30(7)23(27(22)32)9-10-25-29(6)14-13-26(35-21(3)34)28(4,5)24(29)12-15-31(25,30)8/h22-27,33H,1,9-19H2,2-8H3/t22-,23+,24+,25+,26+,27-,29-,30+,31+,32+/m0/s1. The lowest BCUT2D eigenvalue weighted by Crippen LogP contribution is -2.67. The summed E-state index contributed by atoms with van der Waals surface area (Å²) in [5.74, 6) is 3.07. The van der Waals surface area contributed by atoms with Crippen LogP contribution in [-0.2, 0) is 9.53 Å². The van der Waals surface area contributed by atoms with Crippen molar-refractivity contribution in [1.29, 1.82) is 0 Å². The van der Waals surface area contributed by atoms with Crippen molar-refractivity contribution in [2.75, 3.05) is 6.61 Å². The number of aliphatic hydroxyl groups excluding tert-OH is 1. The van der Waals surface area contributed by atoms with Crippen LogP contribution in [0.3, 0.4) is 0 Å². The lowest BCUT2D eigenvalue weighted by atomic mass is 9.32. The molecule has 5 fully saturated rings. The Morgan fingerprint density at radius 1 is 0.857 bits per heavy atom. The summed E-state index contributed by atoms with van der Waals surface area (Å²) >= 11 is 0. The zero-order chi connectivity index (χ0) is 25.6. The number of carbonyl (C=O) groups is 1. The van der Waals surface area contributed by atoms with Gasteiger partial charge in [0.05, 0.1) is 0 Å². The van der Waals surface area contributed by atoms with Crippen LogP contribution < -0.4 is 0 Å². The van der Waals surface area contributed by atoms with E-state index in [1.165, 1.54) is 63.4 Å². The fourth-order valence-corrected chi connectivity index (χ4v) is 11.9. The third kappa shape index (κ3) is 3.28. The van der Waals surface area contributed by atoms with Gasteiger partial charge in [0.15, 0.2) is 0 Å². The van der Waals surface area contributed by atoms with Gasteiger partial charge in [-0.15, -0.1) is 0 Å². The number of rotatable bonds is 3. The number of aliphatic hydroxyl groups is 1. The van der Waals surface area contributed by atoms with Gasteiger partial charge in [0.25, 0.3) is 0 Å². The van der Waals surface area contributed by atoms with Crippen LogP contribution in [0, 0.1) is 56.7 Å². The Labute approximate surface area is 214 Å². The van der Waals surface area contributed by atoms with Crippen LogP contribution in [0.4, 0.5) is 0 Å². The summed E-state index contributed by atoms with van der Waals surface area (Å²) < 4.78 is 5.90. The number of ether oxygens (including phenoxy) is 1. The van der Waals surface area contributed by atoms with Gasteiger partial charge in [0.1, 0.15) is 6.10 Å². The van der Waals surface area contributed by atoms with Gasteiger partial charge in [-0.25, -0.2) is 0 Å². The van der Waals surface area contributed by atoms with E-state index in [0.717, 1.165) is 12.3 Å². The van der Waals surface area contributed by atoms with Crippen molar-refractivity contribution >= 4 is 5.97 Å². The molecule has 5 saturated carbocycles. The normalized spacial score (nSPS) is 52.5. The van der Waals surface area contributed by atoms with Crippen molar-refractivity contribution in [3.63, 3.8) is 0 Å². The summed E-state index contributed by atoms with van der Waals surface area (Å²) in [6.07, 6.45) is 12.2. The second-order valence-corrected chi connectivity index (χ2v) is 15.2. The first-order valence-corrected chi connectivity index (χ1v) is 14.7. The van der Waals surface area contributed by atoms with E-state index in [1.807, 2.05) is 0 Å². The smallest absolute Gasteiger partial charge is 0.302 e. The van der Waals surface area contributed by atoms with Gasteiger partial charge in [-0.1, -0.05) is 46.8 Å². The molecule has 35 heavy (non-hydrogen) atoms. The SMILES string of the molecule is C=C(C)[C@@H]1CC[C@]2(CO)CC[C@]3(C)[C@H](CC[C@@H]4[C@@]5(C)CC[C@@H](OC(C)=O)C(C)(C)[C@H]5CC[C@]43C)[C@H]12. The van der Waals surface area contributed by atoms with Crippen LogP contribution >= 0.6 is 0 Å². The maximum Gasteiger partial charge on any atom is 0.302 e. The summed E-state index contributed by atoms with van der Waals surface area (Å²) in [4.78, 5) is 11.9. The summed E-state index contributed by atoms with van der Waals surface area (Å²) in [7, 11) is 0. The second-order valence-electron chi connectivity index (χ2n) is 15.2. The largest absolute Gasteiger partial charge is 0.462 e. The Balaban J connectivity index is 1.51. The van der Waals surface area contributed by atoms with Gasteiger partial charge in [-0.2, -0.15) is 0 Å². The predicted octanol–water partition coefficient (Wildman–Crippen LogP) is 7.57. The molecule has 0 unspecified atom stereocenters. The zero-order valence-corrected chi connectivity index (χ0v) is 23.7. The van der Waals surface area contributed by atoms with Gasteiger partial charge in [-0.3, -0.25) is 4.79 Å². The van der Waals surface area contributed by atoms with Crippen LogP contribution in [0.5, 0.6) is 0 Å². The second kappa shape index (κ2) is 8.08. The molecule has 198 valence electrons. The third-order valence-electron chi connectivity index (χ3n) is 13.8. The van der Waals surface area contributed by atoms with E-state index in [0.29, 0.717) is 46.5 Å². The van der Waals surface area contributed by atoms with Crippen molar-refractivity contribution in [3.8, 4) is 0 Å². The third-order valence-corrected chi connectivity index (χ3v) is 13.8. The molecule has 5 rings (SSSR count). The number of esters is 1. The molecule has 3 heteroatoms. The van der Waals surface area contributed by atoms with Gasteiger partial charge in [0, 0.05) is 18.9 Å². The first-order valence-electron chi connectivity index (χ1n) is 14.7. The lowest BCUT2D eigenvalue weighted by molar-refractivity contribution is -0.251. The minimum absolute atomic E-state index is 0.0207. The molecule has 0 radical (unpaired) electrons. The van der Waals surface area contributed by atoms with E-state index in [9.17, 15) is 9.90 Å². The highest BCUT2D eigenvalue weighted by atomic mass is 16.5. The zero-order valence-electron chi connectivity index (χ0n) is 23.7. The quantitative estimate of drug-likeness (QED) is 0.332. The fourth-order valence-electron chi connectivity index (χ4n) is 11.9. The molecule has 1 N–H and O–H groups in total. The van der Waals surface area contributed by atoms with Gasteiger partial charge in [-0.05, 0) is 122 Å². The van der Waals surface area contributed by atoms with Crippen LogP contribution in [0.1, 0.15) is 113 Å². The van der Waals surface area contributed by atoms with Gasteiger partial charge >= 0.3 is 5.97 Å². The molecule has 0 aromatic carbocycles. The minimum atomic E-state index is -0.126. The van der Waals surface area contributed by atoms with Gasteiger partial charge < -0.3 is 9.84 Å². The summed E-state index contributed by atoms with van der Waals surface area (Å²) in [5, 5.41) is 10.7. The average Bonchev–Trinajstić information content (AvgIpc) is 3.16. The van der Waals surface area contributed by atoms with E-state index in [1.54, 1.807) is 6.92 Å². The molecular weight excluding hydrogens is 432 g/mol. The van der Waals surface area contributed by atoms with E-state index in [-0.39, 0.29) is 22.9 Å². The molecule has 3 nitrogen and oxygen atoms in total. The number of fused-ring (bicyclic) bond motifs is 7. The van der Waals surface area contributed by atoms with E-state index in [2.05, 4.69) is 48.1 Å².